The van der Waals surface area contributed by atoms with E-state index in [9.17, 15) is 0 Å². The highest BCUT2D eigenvalue weighted by Gasteiger charge is 2.19. The van der Waals surface area contributed by atoms with Gasteiger partial charge >= 0.3 is 0 Å². The van der Waals surface area contributed by atoms with Gasteiger partial charge in [-0.05, 0) is 52.0 Å². The number of aromatic nitrogens is 4. The van der Waals surface area contributed by atoms with Gasteiger partial charge in [-0.3, -0.25) is 0 Å². The third-order valence-corrected chi connectivity index (χ3v) is 1.81. The molecule has 0 aliphatic heterocycles. The summed E-state index contributed by atoms with van der Waals surface area (Å²) in [6, 6.07) is 0. The molecule has 0 fully saturated rings. The van der Waals surface area contributed by atoms with Crippen LogP contribution in [0.3, 0.4) is 0 Å². The number of aryl methyl sites for hydroxylation is 1. The summed E-state index contributed by atoms with van der Waals surface area (Å²) in [6.07, 6.45) is 0. The maximum atomic E-state index is 4.62. The van der Waals surface area contributed by atoms with E-state index in [1.165, 1.54) is 0 Å². The number of nitrogens with zero attached hydrogens (tertiary/aromatic N) is 5. The Morgan fingerprint density at radius 1 is 1.00 bits per heavy atom. The van der Waals surface area contributed by atoms with E-state index in [2.05, 4.69) is 57.0 Å². The molecule has 1 aromatic rings. The molecule has 0 aliphatic carbocycles. The Labute approximate surface area is 90.8 Å². The van der Waals surface area contributed by atoms with E-state index in [1.807, 2.05) is 11.7 Å². The number of tetrazole rings is 1. The van der Waals surface area contributed by atoms with Crippen LogP contribution >= 0.6 is 0 Å². The molecule has 86 valence electrons. The highest BCUT2D eigenvalue weighted by molar-refractivity contribution is 4.76. The molecular weight excluding hydrogens is 190 g/mol. The second-order valence-corrected chi connectivity index (χ2v) is 5.77. The molecule has 5 nitrogen and oxygen atoms in total. The fourth-order valence-electron chi connectivity index (χ4n) is 1.17. The second kappa shape index (κ2) is 3.47. The van der Waals surface area contributed by atoms with Crippen molar-refractivity contribution in [3.05, 3.63) is 5.62 Å². The van der Waals surface area contributed by atoms with Gasteiger partial charge in [-0.15, -0.1) is 0 Å². The van der Waals surface area contributed by atoms with Gasteiger partial charge in [0, 0.05) is 7.05 Å². The zero-order chi connectivity index (χ0) is 11.9. The standard InChI is InChI=1S/C10H21N5/c1-9(2,3)11-8-14(7)12-13-15(8)10(4,5)6/h1-7H3/b11-8-. The van der Waals surface area contributed by atoms with Crippen LogP contribution in [-0.4, -0.2) is 25.3 Å². The molecule has 0 atom stereocenters. The lowest BCUT2D eigenvalue weighted by Gasteiger charge is -2.19. The summed E-state index contributed by atoms with van der Waals surface area (Å²) in [6.45, 7) is 12.4. The summed E-state index contributed by atoms with van der Waals surface area (Å²) in [4.78, 5) is 4.62. The van der Waals surface area contributed by atoms with Crippen LogP contribution in [0.4, 0.5) is 0 Å². The average Bonchev–Trinajstić information content (AvgIpc) is 2.28. The SMILES string of the molecule is Cn1nnn(C(C)(C)C)/c1=N\C(C)(C)C. The summed E-state index contributed by atoms with van der Waals surface area (Å²) in [5, 5.41) is 8.11. The molecule has 0 spiro atoms. The van der Waals surface area contributed by atoms with Crippen molar-refractivity contribution in [2.45, 2.75) is 52.6 Å². The molecule has 1 aromatic heterocycles. The van der Waals surface area contributed by atoms with Crippen molar-refractivity contribution in [2.75, 3.05) is 0 Å². The number of rotatable bonds is 0. The minimum atomic E-state index is -0.123. The predicted molar refractivity (Wildman–Crippen MR) is 59.3 cm³/mol. The average molecular weight is 211 g/mol. The Morgan fingerprint density at radius 3 is 1.93 bits per heavy atom. The lowest BCUT2D eigenvalue weighted by atomic mass is 10.1. The topological polar surface area (TPSA) is 48.0 Å². The number of hydrogen-bond donors (Lipinski definition) is 0. The fraction of sp³-hybridized carbons (Fsp3) is 0.900. The minimum Gasteiger partial charge on any atom is -0.244 e. The van der Waals surface area contributed by atoms with Crippen LogP contribution in [0.2, 0.25) is 0 Å². The largest absolute Gasteiger partial charge is 0.244 e. The van der Waals surface area contributed by atoms with Gasteiger partial charge in [0.15, 0.2) is 0 Å². The highest BCUT2D eigenvalue weighted by atomic mass is 15.6. The molecule has 5 heteroatoms. The van der Waals surface area contributed by atoms with Gasteiger partial charge in [0.2, 0.25) is 5.62 Å². The zero-order valence-corrected chi connectivity index (χ0v) is 10.7. The number of hydrogen-bond acceptors (Lipinski definition) is 3. The van der Waals surface area contributed by atoms with Crippen LogP contribution in [-0.2, 0) is 12.6 Å². The Balaban J connectivity index is 3.41. The molecule has 0 saturated heterocycles. The molecule has 0 bridgehead atoms. The fourth-order valence-corrected chi connectivity index (χ4v) is 1.17. The van der Waals surface area contributed by atoms with E-state index in [0.717, 1.165) is 5.62 Å². The van der Waals surface area contributed by atoms with Crippen LogP contribution in [0.1, 0.15) is 41.5 Å². The molecule has 0 aliphatic rings. The van der Waals surface area contributed by atoms with E-state index < -0.39 is 0 Å². The molecule has 1 heterocycles. The normalized spacial score (nSPS) is 14.7. The van der Waals surface area contributed by atoms with Crippen molar-refractivity contribution in [3.8, 4) is 0 Å². The Morgan fingerprint density at radius 2 is 1.53 bits per heavy atom. The first kappa shape index (κ1) is 11.9. The van der Waals surface area contributed by atoms with Crippen molar-refractivity contribution in [3.63, 3.8) is 0 Å². The van der Waals surface area contributed by atoms with E-state index in [0.29, 0.717) is 0 Å². The van der Waals surface area contributed by atoms with Gasteiger partial charge in [-0.2, -0.15) is 0 Å². The molecule has 0 unspecified atom stereocenters. The molecule has 15 heavy (non-hydrogen) atoms. The van der Waals surface area contributed by atoms with E-state index in [1.54, 1.807) is 4.68 Å². The molecule has 0 saturated carbocycles. The van der Waals surface area contributed by atoms with Crippen LogP contribution in [0.15, 0.2) is 4.99 Å². The monoisotopic (exact) mass is 211 g/mol. The van der Waals surface area contributed by atoms with Crippen LogP contribution in [0, 0.1) is 0 Å². The van der Waals surface area contributed by atoms with Gasteiger partial charge in [-0.1, -0.05) is 0 Å². The maximum Gasteiger partial charge on any atom is 0.241 e. The molecule has 0 N–H and O–H groups in total. The first-order valence-corrected chi connectivity index (χ1v) is 5.17. The summed E-state index contributed by atoms with van der Waals surface area (Å²) in [5.74, 6) is 0. The summed E-state index contributed by atoms with van der Waals surface area (Å²) < 4.78 is 3.55. The quantitative estimate of drug-likeness (QED) is 0.644. The second-order valence-electron chi connectivity index (χ2n) is 5.77. The third kappa shape index (κ3) is 2.91. The van der Waals surface area contributed by atoms with E-state index >= 15 is 0 Å². The molecule has 1 rings (SSSR count). The van der Waals surface area contributed by atoms with Gasteiger partial charge in [-0.25, -0.2) is 14.4 Å². The highest BCUT2D eigenvalue weighted by Crippen LogP contribution is 2.09. The van der Waals surface area contributed by atoms with E-state index in [-0.39, 0.29) is 11.1 Å². The van der Waals surface area contributed by atoms with Gasteiger partial charge in [0.05, 0.1) is 11.1 Å². The summed E-state index contributed by atoms with van der Waals surface area (Å²) in [5.41, 5.74) is 0.580. The minimum absolute atomic E-state index is 0.0989. The molecule has 0 radical (unpaired) electrons. The van der Waals surface area contributed by atoms with Crippen molar-refractivity contribution in [1.29, 1.82) is 0 Å². The van der Waals surface area contributed by atoms with Gasteiger partial charge in [0.1, 0.15) is 0 Å². The van der Waals surface area contributed by atoms with Gasteiger partial charge < -0.3 is 0 Å². The Kier molecular flexibility index (Phi) is 2.76. The molecular formula is C10H21N5. The van der Waals surface area contributed by atoms with Gasteiger partial charge in [0.25, 0.3) is 0 Å². The van der Waals surface area contributed by atoms with Crippen molar-refractivity contribution in [1.82, 2.24) is 19.8 Å². The smallest absolute Gasteiger partial charge is 0.241 e. The van der Waals surface area contributed by atoms with Crippen molar-refractivity contribution >= 4 is 0 Å². The zero-order valence-electron chi connectivity index (χ0n) is 10.7. The van der Waals surface area contributed by atoms with E-state index in [4.69, 9.17) is 0 Å². The summed E-state index contributed by atoms with van der Waals surface area (Å²) >= 11 is 0. The molecule has 0 amide bonds. The first-order valence-electron chi connectivity index (χ1n) is 5.17. The molecule has 0 aromatic carbocycles. The van der Waals surface area contributed by atoms with Crippen molar-refractivity contribution in [2.24, 2.45) is 12.0 Å². The Bertz CT molecular complexity index is 397. The third-order valence-electron chi connectivity index (χ3n) is 1.81. The van der Waals surface area contributed by atoms with Crippen LogP contribution in [0.25, 0.3) is 0 Å². The van der Waals surface area contributed by atoms with Crippen molar-refractivity contribution < 1.29 is 0 Å². The maximum absolute atomic E-state index is 4.62. The predicted octanol–water partition coefficient (Wildman–Crippen LogP) is 1.07. The first-order chi connectivity index (χ1) is 6.61. The Hall–Kier alpha value is -1.13. The lowest BCUT2D eigenvalue weighted by Crippen LogP contribution is -2.38. The summed E-state index contributed by atoms with van der Waals surface area (Å²) in [7, 11) is 1.86. The lowest BCUT2D eigenvalue weighted by molar-refractivity contribution is 0.327. The van der Waals surface area contributed by atoms with Crippen LogP contribution < -0.4 is 5.62 Å². The van der Waals surface area contributed by atoms with Crippen LogP contribution in [0.5, 0.6) is 0 Å².